The Morgan fingerprint density at radius 1 is 1.30 bits per heavy atom. The van der Waals surface area contributed by atoms with E-state index < -0.39 is 5.82 Å². The summed E-state index contributed by atoms with van der Waals surface area (Å²) in [6, 6.07) is 13.3. The maximum absolute atomic E-state index is 13.2. The first kappa shape index (κ1) is 18.8. The van der Waals surface area contributed by atoms with Crippen molar-refractivity contribution in [3.63, 3.8) is 0 Å². The van der Waals surface area contributed by atoms with Crippen LogP contribution >= 0.6 is 12.2 Å². The molecule has 2 aromatic carbocycles. The van der Waals surface area contributed by atoms with Gasteiger partial charge in [-0.2, -0.15) is 5.10 Å². The number of H-pyrrole nitrogens is 1. The van der Waals surface area contributed by atoms with Gasteiger partial charge in [0.05, 0.1) is 6.61 Å². The van der Waals surface area contributed by atoms with Gasteiger partial charge in [-0.3, -0.25) is 14.5 Å². The van der Waals surface area contributed by atoms with Crippen LogP contribution in [0, 0.1) is 10.6 Å². The second kappa shape index (κ2) is 8.59. The van der Waals surface area contributed by atoms with E-state index in [-0.39, 0.29) is 12.3 Å². The van der Waals surface area contributed by atoms with Crippen LogP contribution in [0.2, 0.25) is 0 Å². The second-order valence-corrected chi connectivity index (χ2v) is 6.16. The minimum absolute atomic E-state index is 0.175. The molecular formula is C19H19FN4O2S. The lowest BCUT2D eigenvalue weighted by atomic mass is 10.2. The van der Waals surface area contributed by atoms with Gasteiger partial charge in [0.1, 0.15) is 11.6 Å². The molecule has 0 atom stereocenters. The van der Waals surface area contributed by atoms with Crippen molar-refractivity contribution < 1.29 is 13.9 Å². The van der Waals surface area contributed by atoms with Crippen LogP contribution in [0.3, 0.4) is 0 Å². The molecule has 3 rings (SSSR count). The largest absolute Gasteiger partial charge is 0.494 e. The molecular weight excluding hydrogens is 367 g/mol. The molecule has 0 spiro atoms. The monoisotopic (exact) mass is 386 g/mol. The summed E-state index contributed by atoms with van der Waals surface area (Å²) in [5.41, 5.74) is 1.28. The van der Waals surface area contributed by atoms with Crippen molar-refractivity contribution in [2.45, 2.75) is 19.9 Å². The average Bonchev–Trinajstić information content (AvgIpc) is 3.01. The van der Waals surface area contributed by atoms with Crippen LogP contribution in [0.5, 0.6) is 5.75 Å². The number of carbonyl (C=O) groups excluding carboxylic acids is 1. The summed E-state index contributed by atoms with van der Waals surface area (Å²) in [6.45, 7) is 2.87. The Labute approximate surface area is 161 Å². The van der Waals surface area contributed by atoms with Gasteiger partial charge in [0, 0.05) is 24.2 Å². The Morgan fingerprint density at radius 2 is 2.07 bits per heavy atom. The number of rotatable bonds is 7. The lowest BCUT2D eigenvalue weighted by molar-refractivity contribution is -0.116. The van der Waals surface area contributed by atoms with E-state index in [1.807, 2.05) is 31.2 Å². The zero-order valence-corrected chi connectivity index (χ0v) is 15.6. The molecule has 0 radical (unpaired) electrons. The summed E-state index contributed by atoms with van der Waals surface area (Å²) in [5.74, 6) is 0.780. The predicted molar refractivity (Wildman–Crippen MR) is 104 cm³/mol. The number of aromatic nitrogens is 3. The zero-order chi connectivity index (χ0) is 19.2. The van der Waals surface area contributed by atoms with Crippen molar-refractivity contribution >= 4 is 23.8 Å². The zero-order valence-electron chi connectivity index (χ0n) is 14.7. The fraction of sp³-hybridized carbons (Fsp3) is 0.211. The van der Waals surface area contributed by atoms with Crippen LogP contribution in [0.25, 0.3) is 11.4 Å². The van der Waals surface area contributed by atoms with Crippen molar-refractivity contribution in [3.8, 4) is 17.1 Å². The number of ether oxygens (including phenoxy) is 1. The predicted octanol–water partition coefficient (Wildman–Crippen LogP) is 4.17. The molecule has 2 N–H and O–H groups in total. The lowest BCUT2D eigenvalue weighted by Gasteiger charge is -2.09. The van der Waals surface area contributed by atoms with Crippen molar-refractivity contribution in [3.05, 3.63) is 59.1 Å². The number of nitrogens with one attached hydrogen (secondary N) is 2. The van der Waals surface area contributed by atoms with Gasteiger partial charge in [-0.25, -0.2) is 4.39 Å². The summed E-state index contributed by atoms with van der Waals surface area (Å²) < 4.78 is 20.8. The third-order valence-corrected chi connectivity index (χ3v) is 4.16. The first-order valence-corrected chi connectivity index (χ1v) is 8.91. The fourth-order valence-electron chi connectivity index (χ4n) is 2.62. The third kappa shape index (κ3) is 4.79. The molecule has 0 bridgehead atoms. The molecule has 8 heteroatoms. The van der Waals surface area contributed by atoms with E-state index in [4.69, 9.17) is 17.0 Å². The second-order valence-electron chi connectivity index (χ2n) is 5.77. The number of amides is 1. The lowest BCUT2D eigenvalue weighted by Crippen LogP contribution is -2.15. The minimum Gasteiger partial charge on any atom is -0.494 e. The highest BCUT2D eigenvalue weighted by Crippen LogP contribution is 2.21. The van der Waals surface area contributed by atoms with Crippen LogP contribution in [0.15, 0.2) is 48.5 Å². The molecule has 0 saturated carbocycles. The van der Waals surface area contributed by atoms with Crippen molar-refractivity contribution in [2.75, 3.05) is 11.9 Å². The highest BCUT2D eigenvalue weighted by molar-refractivity contribution is 7.71. The van der Waals surface area contributed by atoms with E-state index in [1.165, 1.54) is 12.1 Å². The Kier molecular flexibility index (Phi) is 5.97. The van der Waals surface area contributed by atoms with E-state index in [0.29, 0.717) is 29.4 Å². The average molecular weight is 386 g/mol. The molecule has 0 saturated heterocycles. The van der Waals surface area contributed by atoms with Gasteiger partial charge in [0.2, 0.25) is 5.91 Å². The van der Waals surface area contributed by atoms with Crippen LogP contribution in [0.4, 0.5) is 10.1 Å². The van der Waals surface area contributed by atoms with Crippen molar-refractivity contribution in [1.29, 1.82) is 0 Å². The third-order valence-electron chi connectivity index (χ3n) is 3.85. The molecule has 1 heterocycles. The maximum Gasteiger partial charge on any atom is 0.226 e. The van der Waals surface area contributed by atoms with Crippen LogP contribution in [-0.2, 0) is 11.3 Å². The van der Waals surface area contributed by atoms with Crippen molar-refractivity contribution in [1.82, 2.24) is 14.8 Å². The molecule has 0 aliphatic carbocycles. The van der Waals surface area contributed by atoms with Crippen molar-refractivity contribution in [2.24, 2.45) is 0 Å². The molecule has 27 heavy (non-hydrogen) atoms. The normalized spacial score (nSPS) is 10.6. The number of halogens is 1. The van der Waals surface area contributed by atoms with E-state index in [1.54, 1.807) is 16.7 Å². The van der Waals surface area contributed by atoms with Gasteiger partial charge >= 0.3 is 0 Å². The van der Waals surface area contributed by atoms with Gasteiger partial charge in [-0.1, -0.05) is 6.07 Å². The molecule has 0 aliphatic heterocycles. The number of benzene rings is 2. The van der Waals surface area contributed by atoms with Gasteiger partial charge in [0.15, 0.2) is 10.6 Å². The van der Waals surface area contributed by atoms with E-state index in [2.05, 4.69) is 15.5 Å². The summed E-state index contributed by atoms with van der Waals surface area (Å²) in [4.78, 5) is 12.2. The molecule has 6 nitrogen and oxygen atoms in total. The molecule has 1 amide bonds. The molecule has 1 aromatic heterocycles. The Hall–Kier alpha value is -3.00. The van der Waals surface area contributed by atoms with Gasteiger partial charge in [-0.05, 0) is 61.6 Å². The molecule has 3 aromatic rings. The van der Waals surface area contributed by atoms with Crippen LogP contribution < -0.4 is 10.1 Å². The van der Waals surface area contributed by atoms with E-state index >= 15 is 0 Å². The fourth-order valence-corrected chi connectivity index (χ4v) is 2.84. The number of hydrogen-bond acceptors (Lipinski definition) is 4. The summed E-state index contributed by atoms with van der Waals surface area (Å²) >= 11 is 5.28. The number of anilines is 1. The van der Waals surface area contributed by atoms with Gasteiger partial charge in [-0.15, -0.1) is 0 Å². The summed E-state index contributed by atoms with van der Waals surface area (Å²) in [6.07, 6.45) is 0.175. The highest BCUT2D eigenvalue weighted by Gasteiger charge is 2.11. The standard InChI is InChI=1S/C19H19FN4O2S/c1-2-26-16-8-6-13(7-9-16)18-22-23-19(27)24(18)11-10-17(25)21-15-5-3-4-14(20)12-15/h3-9,12H,2,10-11H2,1H3,(H,21,25)(H,23,27). The summed E-state index contributed by atoms with van der Waals surface area (Å²) in [7, 11) is 0. The van der Waals surface area contributed by atoms with Crippen LogP contribution in [0.1, 0.15) is 13.3 Å². The van der Waals surface area contributed by atoms with E-state index in [9.17, 15) is 9.18 Å². The quantitative estimate of drug-likeness (QED) is 0.598. The van der Waals surface area contributed by atoms with Gasteiger partial charge < -0.3 is 10.1 Å². The molecule has 140 valence electrons. The Bertz CT molecular complexity index is 982. The first-order valence-electron chi connectivity index (χ1n) is 8.50. The van der Waals surface area contributed by atoms with Gasteiger partial charge in [0.25, 0.3) is 0 Å². The summed E-state index contributed by atoms with van der Waals surface area (Å²) in [5, 5.41) is 9.69. The Morgan fingerprint density at radius 3 is 2.78 bits per heavy atom. The Balaban J connectivity index is 1.69. The molecule has 0 unspecified atom stereocenters. The van der Waals surface area contributed by atoms with E-state index in [0.717, 1.165) is 11.3 Å². The first-order chi connectivity index (χ1) is 13.1. The molecule has 0 aliphatic rings. The number of aromatic amines is 1. The minimum atomic E-state index is -0.400. The number of carbonyl (C=O) groups is 1. The maximum atomic E-state index is 13.2. The SMILES string of the molecule is CCOc1ccc(-c2n[nH]c(=S)n2CCC(=O)Nc2cccc(F)c2)cc1. The number of nitrogens with zero attached hydrogens (tertiary/aromatic N) is 2. The van der Waals surface area contributed by atoms with Crippen LogP contribution in [-0.4, -0.2) is 27.3 Å². The molecule has 0 fully saturated rings. The topological polar surface area (TPSA) is 71.9 Å². The number of hydrogen-bond donors (Lipinski definition) is 2. The smallest absolute Gasteiger partial charge is 0.226 e. The highest BCUT2D eigenvalue weighted by atomic mass is 32.1.